The molecule has 1 heterocycles. The van der Waals surface area contributed by atoms with Crippen molar-refractivity contribution < 1.29 is 9.90 Å². The Balaban J connectivity index is 2.24. The molecule has 2 N–H and O–H groups in total. The molecule has 1 rings (SSSR count). The molecule has 1 aliphatic rings. The summed E-state index contributed by atoms with van der Waals surface area (Å²) in [7, 11) is 1.73. The van der Waals surface area contributed by atoms with Gasteiger partial charge in [-0.2, -0.15) is 0 Å². The summed E-state index contributed by atoms with van der Waals surface area (Å²) in [6.45, 7) is 11.9. The van der Waals surface area contributed by atoms with Gasteiger partial charge in [-0.15, -0.1) is 0 Å². The Morgan fingerprint density at radius 3 is 2.57 bits per heavy atom. The van der Waals surface area contributed by atoms with Crippen LogP contribution in [-0.4, -0.2) is 72.2 Å². The van der Waals surface area contributed by atoms with Gasteiger partial charge >= 0.3 is 5.97 Å². The third kappa shape index (κ3) is 5.24. The minimum Gasteiger partial charge on any atom is -0.480 e. The average molecular weight is 299 g/mol. The van der Waals surface area contributed by atoms with Crippen LogP contribution < -0.4 is 5.32 Å². The molecule has 21 heavy (non-hydrogen) atoms. The Bertz CT molecular complexity index is 321. The minimum absolute atomic E-state index is 0.687. The largest absolute Gasteiger partial charge is 0.480 e. The van der Waals surface area contributed by atoms with Crippen molar-refractivity contribution in [2.45, 2.75) is 58.0 Å². The van der Waals surface area contributed by atoms with Crippen LogP contribution in [0.2, 0.25) is 0 Å². The molecular formula is C16H33N3O2. The quantitative estimate of drug-likeness (QED) is 0.601. The number of hydrogen-bond donors (Lipinski definition) is 2. The summed E-state index contributed by atoms with van der Waals surface area (Å²) in [6, 6.07) is 0.710. The number of carboxylic acid groups (broad SMARTS) is 1. The fourth-order valence-electron chi connectivity index (χ4n) is 3.21. The number of rotatable bonds is 10. The summed E-state index contributed by atoms with van der Waals surface area (Å²) >= 11 is 0. The highest BCUT2D eigenvalue weighted by atomic mass is 16.4. The van der Waals surface area contributed by atoms with E-state index in [4.69, 9.17) is 0 Å². The van der Waals surface area contributed by atoms with E-state index >= 15 is 0 Å². The molecule has 0 aliphatic carbocycles. The van der Waals surface area contributed by atoms with E-state index in [1.165, 1.54) is 19.5 Å². The maximum absolute atomic E-state index is 11.2. The first-order valence-corrected chi connectivity index (χ1v) is 8.35. The fraction of sp³-hybridized carbons (Fsp3) is 0.938. The lowest BCUT2D eigenvalue weighted by atomic mass is 9.95. The lowest BCUT2D eigenvalue weighted by Crippen LogP contribution is -2.47. The number of nitrogens with zero attached hydrogens (tertiary/aromatic N) is 2. The zero-order valence-corrected chi connectivity index (χ0v) is 14.2. The zero-order valence-electron chi connectivity index (χ0n) is 14.2. The van der Waals surface area contributed by atoms with Gasteiger partial charge in [0.25, 0.3) is 0 Å². The molecule has 1 fully saturated rings. The van der Waals surface area contributed by atoms with Crippen LogP contribution in [0.5, 0.6) is 0 Å². The Labute approximate surface area is 129 Å². The van der Waals surface area contributed by atoms with E-state index in [1.807, 2.05) is 0 Å². The van der Waals surface area contributed by atoms with Crippen molar-refractivity contribution in [2.75, 3.05) is 39.8 Å². The van der Waals surface area contributed by atoms with E-state index in [-0.39, 0.29) is 0 Å². The number of likely N-dealkylation sites (N-methyl/N-ethyl adjacent to an activating group) is 2. The van der Waals surface area contributed by atoms with Crippen LogP contribution in [0.25, 0.3) is 0 Å². The monoisotopic (exact) mass is 299 g/mol. The van der Waals surface area contributed by atoms with Gasteiger partial charge < -0.3 is 15.3 Å². The Kier molecular flexibility index (Phi) is 7.63. The normalized spacial score (nSPS) is 22.6. The second kappa shape index (κ2) is 8.71. The Hall–Kier alpha value is -0.650. The minimum atomic E-state index is -0.783. The topological polar surface area (TPSA) is 55.8 Å². The molecule has 124 valence electrons. The van der Waals surface area contributed by atoms with E-state index in [2.05, 4.69) is 29.0 Å². The third-order valence-electron chi connectivity index (χ3n) is 5.00. The fourth-order valence-corrected chi connectivity index (χ4v) is 3.21. The SMILES string of the molecule is CCN(CC)C1CCN(CCCCC(C)(NC)C(=O)O)C1. The molecule has 0 spiro atoms. The molecule has 0 bridgehead atoms. The van der Waals surface area contributed by atoms with Gasteiger partial charge in [0.15, 0.2) is 0 Å². The molecule has 5 heteroatoms. The van der Waals surface area contributed by atoms with Crippen molar-refractivity contribution in [1.82, 2.24) is 15.1 Å². The predicted molar refractivity (Wildman–Crippen MR) is 86.7 cm³/mol. The Morgan fingerprint density at radius 1 is 1.38 bits per heavy atom. The maximum Gasteiger partial charge on any atom is 0.323 e. The van der Waals surface area contributed by atoms with Gasteiger partial charge in [0, 0.05) is 12.6 Å². The second-order valence-electron chi connectivity index (χ2n) is 6.31. The standard InChI is InChI=1S/C16H33N3O2/c1-5-19(6-2)14-9-12-18(13-14)11-8-7-10-16(3,17-4)15(20)21/h14,17H,5-13H2,1-4H3,(H,20,21). The van der Waals surface area contributed by atoms with E-state index in [9.17, 15) is 9.90 Å². The van der Waals surface area contributed by atoms with E-state index in [1.54, 1.807) is 14.0 Å². The van der Waals surface area contributed by atoms with Crippen LogP contribution in [0.15, 0.2) is 0 Å². The van der Waals surface area contributed by atoms with Gasteiger partial charge in [-0.3, -0.25) is 9.69 Å². The molecule has 0 amide bonds. The summed E-state index contributed by atoms with van der Waals surface area (Å²) < 4.78 is 0. The smallest absolute Gasteiger partial charge is 0.323 e. The Morgan fingerprint density at radius 2 is 2.05 bits per heavy atom. The van der Waals surface area contributed by atoms with Crippen LogP contribution in [0, 0.1) is 0 Å². The molecule has 0 radical (unpaired) electrons. The molecule has 2 unspecified atom stereocenters. The lowest BCUT2D eigenvalue weighted by Gasteiger charge is -2.26. The molecule has 0 aromatic rings. The van der Waals surface area contributed by atoms with Gasteiger partial charge in [-0.05, 0) is 65.8 Å². The van der Waals surface area contributed by atoms with E-state index < -0.39 is 11.5 Å². The predicted octanol–water partition coefficient (Wildman–Crippen LogP) is 1.64. The number of unbranched alkanes of at least 4 members (excludes halogenated alkanes) is 1. The molecule has 5 nitrogen and oxygen atoms in total. The lowest BCUT2D eigenvalue weighted by molar-refractivity contribution is -0.144. The van der Waals surface area contributed by atoms with Crippen LogP contribution in [-0.2, 0) is 4.79 Å². The van der Waals surface area contributed by atoms with Gasteiger partial charge in [0.1, 0.15) is 5.54 Å². The van der Waals surface area contributed by atoms with Crippen molar-refractivity contribution in [3.63, 3.8) is 0 Å². The summed E-state index contributed by atoms with van der Waals surface area (Å²) in [5, 5.41) is 12.1. The van der Waals surface area contributed by atoms with E-state index in [0.29, 0.717) is 12.5 Å². The van der Waals surface area contributed by atoms with Crippen molar-refractivity contribution in [1.29, 1.82) is 0 Å². The molecule has 0 aromatic heterocycles. The molecule has 1 aliphatic heterocycles. The second-order valence-corrected chi connectivity index (χ2v) is 6.31. The first-order chi connectivity index (χ1) is 9.96. The number of hydrogen-bond acceptors (Lipinski definition) is 4. The first-order valence-electron chi connectivity index (χ1n) is 8.35. The van der Waals surface area contributed by atoms with Gasteiger partial charge in [-0.1, -0.05) is 13.8 Å². The number of carbonyl (C=O) groups is 1. The number of carboxylic acids is 1. The van der Waals surface area contributed by atoms with Gasteiger partial charge in [0.2, 0.25) is 0 Å². The molecule has 2 atom stereocenters. The number of aliphatic carboxylic acids is 1. The highest BCUT2D eigenvalue weighted by Gasteiger charge is 2.30. The van der Waals surface area contributed by atoms with Crippen LogP contribution in [0.1, 0.15) is 46.5 Å². The van der Waals surface area contributed by atoms with Crippen molar-refractivity contribution in [3.05, 3.63) is 0 Å². The van der Waals surface area contributed by atoms with Crippen molar-refractivity contribution >= 4 is 5.97 Å². The van der Waals surface area contributed by atoms with Crippen LogP contribution in [0.3, 0.4) is 0 Å². The van der Waals surface area contributed by atoms with Crippen molar-refractivity contribution in [2.24, 2.45) is 0 Å². The summed E-state index contributed by atoms with van der Waals surface area (Å²) in [5.41, 5.74) is -0.783. The molecular weight excluding hydrogens is 266 g/mol. The highest BCUT2D eigenvalue weighted by Crippen LogP contribution is 2.18. The number of likely N-dealkylation sites (tertiary alicyclic amines) is 1. The first kappa shape index (κ1) is 18.4. The van der Waals surface area contributed by atoms with Crippen LogP contribution >= 0.6 is 0 Å². The van der Waals surface area contributed by atoms with E-state index in [0.717, 1.165) is 32.5 Å². The van der Waals surface area contributed by atoms with Gasteiger partial charge in [-0.25, -0.2) is 0 Å². The summed E-state index contributed by atoms with van der Waals surface area (Å²) in [4.78, 5) is 16.3. The third-order valence-corrected chi connectivity index (χ3v) is 5.00. The van der Waals surface area contributed by atoms with Gasteiger partial charge in [0.05, 0.1) is 0 Å². The summed E-state index contributed by atoms with van der Waals surface area (Å²) in [5.74, 6) is -0.757. The molecule has 1 saturated heterocycles. The average Bonchev–Trinajstić information content (AvgIpc) is 2.93. The van der Waals surface area contributed by atoms with Crippen LogP contribution in [0.4, 0.5) is 0 Å². The van der Waals surface area contributed by atoms with Crippen molar-refractivity contribution in [3.8, 4) is 0 Å². The molecule has 0 saturated carbocycles. The summed E-state index contributed by atoms with van der Waals surface area (Å²) in [6.07, 6.45) is 3.99. The zero-order chi connectivity index (χ0) is 15.9. The number of nitrogens with one attached hydrogen (secondary N) is 1. The maximum atomic E-state index is 11.2. The highest BCUT2D eigenvalue weighted by molar-refractivity contribution is 5.78. The molecule has 0 aromatic carbocycles.